The Labute approximate surface area is 177 Å². The summed E-state index contributed by atoms with van der Waals surface area (Å²) in [4.78, 5) is 24.3. The standard InChI is InChI=1S/C23H20N6O2/c1-31-22-13-24-12-21(26-22)27-23(20-10-15-6-4-5-9-29(15)28-20)18(14-30)17-11-25-19-8-3-2-7-16(17)19/h2-14,18,23,25H,1H3,(H,26,27). The molecule has 31 heavy (non-hydrogen) atoms. The number of hydrogen-bond acceptors (Lipinski definition) is 6. The molecule has 0 aliphatic heterocycles. The van der Waals surface area contributed by atoms with Crippen molar-refractivity contribution < 1.29 is 9.53 Å². The zero-order valence-electron chi connectivity index (χ0n) is 16.8. The van der Waals surface area contributed by atoms with E-state index in [0.717, 1.165) is 34.0 Å². The molecule has 0 aliphatic carbocycles. The Hall–Kier alpha value is -4.20. The number of methoxy groups -OCH3 is 1. The zero-order chi connectivity index (χ0) is 21.2. The van der Waals surface area contributed by atoms with E-state index in [0.29, 0.717) is 11.7 Å². The number of nitrogens with zero attached hydrogens (tertiary/aromatic N) is 4. The van der Waals surface area contributed by atoms with Crippen LogP contribution in [0.3, 0.4) is 0 Å². The van der Waals surface area contributed by atoms with Gasteiger partial charge in [0.05, 0.1) is 42.7 Å². The van der Waals surface area contributed by atoms with Crippen LogP contribution in [-0.2, 0) is 4.79 Å². The van der Waals surface area contributed by atoms with E-state index in [1.165, 1.54) is 13.3 Å². The third-order valence-corrected chi connectivity index (χ3v) is 5.32. The second-order valence-corrected chi connectivity index (χ2v) is 7.16. The number of anilines is 1. The lowest BCUT2D eigenvalue weighted by Crippen LogP contribution is -2.22. The molecule has 8 nitrogen and oxygen atoms in total. The first kappa shape index (κ1) is 18.8. The summed E-state index contributed by atoms with van der Waals surface area (Å²) in [7, 11) is 1.54. The van der Waals surface area contributed by atoms with E-state index in [-0.39, 0.29) is 0 Å². The van der Waals surface area contributed by atoms with E-state index in [1.807, 2.05) is 60.9 Å². The van der Waals surface area contributed by atoms with Crippen LogP contribution in [0.5, 0.6) is 5.88 Å². The predicted molar refractivity (Wildman–Crippen MR) is 117 cm³/mol. The molecule has 1 aromatic carbocycles. The molecule has 5 aromatic rings. The van der Waals surface area contributed by atoms with Crippen LogP contribution in [0.15, 0.2) is 73.3 Å². The van der Waals surface area contributed by atoms with Crippen molar-refractivity contribution in [3.05, 3.63) is 84.6 Å². The lowest BCUT2D eigenvalue weighted by atomic mass is 9.90. The minimum atomic E-state index is -0.519. The van der Waals surface area contributed by atoms with Crippen LogP contribution in [0.25, 0.3) is 16.4 Å². The molecule has 8 heteroatoms. The average Bonchev–Trinajstić information content (AvgIpc) is 3.44. The summed E-state index contributed by atoms with van der Waals surface area (Å²) in [6.07, 6.45) is 7.84. The molecule has 0 bridgehead atoms. The van der Waals surface area contributed by atoms with Crippen molar-refractivity contribution in [3.8, 4) is 5.88 Å². The summed E-state index contributed by atoms with van der Waals surface area (Å²) in [5, 5.41) is 9.07. The molecule has 0 saturated heterocycles. The van der Waals surface area contributed by atoms with Crippen molar-refractivity contribution in [2.24, 2.45) is 0 Å². The van der Waals surface area contributed by atoms with Gasteiger partial charge in [-0.15, -0.1) is 0 Å². The fourth-order valence-electron chi connectivity index (χ4n) is 3.83. The Morgan fingerprint density at radius 3 is 2.87 bits per heavy atom. The maximum absolute atomic E-state index is 12.4. The summed E-state index contributed by atoms with van der Waals surface area (Å²) in [6, 6.07) is 15.2. The minimum absolute atomic E-state index is 0.383. The molecule has 0 spiro atoms. The van der Waals surface area contributed by atoms with Gasteiger partial charge in [-0.25, -0.2) is 4.52 Å². The molecule has 0 aliphatic rings. The molecule has 2 unspecified atom stereocenters. The number of aldehydes is 1. The summed E-state index contributed by atoms with van der Waals surface area (Å²) >= 11 is 0. The first-order valence-electron chi connectivity index (χ1n) is 9.85. The van der Waals surface area contributed by atoms with Crippen LogP contribution < -0.4 is 10.1 Å². The molecule has 2 N–H and O–H groups in total. The largest absolute Gasteiger partial charge is 0.480 e. The SMILES string of the molecule is COc1cncc(NC(c2cc3ccccn3n2)C(C=O)c2c[nH]c3ccccc23)n1. The van der Waals surface area contributed by atoms with Gasteiger partial charge < -0.3 is 19.8 Å². The number of aromatic amines is 1. The van der Waals surface area contributed by atoms with Crippen molar-refractivity contribution in [1.29, 1.82) is 0 Å². The highest BCUT2D eigenvalue weighted by Crippen LogP contribution is 2.36. The van der Waals surface area contributed by atoms with Crippen molar-refractivity contribution >= 4 is 28.5 Å². The first-order chi connectivity index (χ1) is 15.3. The van der Waals surface area contributed by atoms with Crippen LogP contribution >= 0.6 is 0 Å². The van der Waals surface area contributed by atoms with Gasteiger partial charge in [0, 0.05) is 23.3 Å². The third kappa shape index (κ3) is 3.48. The Balaban J connectivity index is 1.63. The van der Waals surface area contributed by atoms with Crippen molar-refractivity contribution in [2.45, 2.75) is 12.0 Å². The molecule has 5 rings (SSSR count). The van der Waals surface area contributed by atoms with Crippen LogP contribution in [0.4, 0.5) is 5.82 Å². The summed E-state index contributed by atoms with van der Waals surface area (Å²) in [6.45, 7) is 0. The molecule has 0 radical (unpaired) electrons. The van der Waals surface area contributed by atoms with Gasteiger partial charge in [0.25, 0.3) is 0 Å². The highest BCUT2D eigenvalue weighted by atomic mass is 16.5. The number of carbonyl (C=O) groups is 1. The third-order valence-electron chi connectivity index (χ3n) is 5.32. The van der Waals surface area contributed by atoms with Gasteiger partial charge >= 0.3 is 0 Å². The van der Waals surface area contributed by atoms with Crippen LogP contribution in [0, 0.1) is 0 Å². The van der Waals surface area contributed by atoms with Crippen molar-refractivity contribution in [1.82, 2.24) is 24.6 Å². The van der Waals surface area contributed by atoms with E-state index >= 15 is 0 Å². The summed E-state index contributed by atoms with van der Waals surface area (Å²) < 4.78 is 6.99. The maximum Gasteiger partial charge on any atom is 0.233 e. The Kier molecular flexibility index (Phi) is 4.80. The van der Waals surface area contributed by atoms with Gasteiger partial charge in [-0.2, -0.15) is 10.1 Å². The number of aromatic nitrogens is 5. The number of rotatable bonds is 7. The van der Waals surface area contributed by atoms with E-state index in [4.69, 9.17) is 9.84 Å². The lowest BCUT2D eigenvalue weighted by molar-refractivity contribution is -0.109. The molecule has 0 saturated carbocycles. The average molecular weight is 412 g/mol. The van der Waals surface area contributed by atoms with Gasteiger partial charge in [-0.1, -0.05) is 24.3 Å². The topological polar surface area (TPSA) is 97.2 Å². The zero-order valence-corrected chi connectivity index (χ0v) is 16.8. The van der Waals surface area contributed by atoms with Gasteiger partial charge in [-0.3, -0.25) is 4.98 Å². The molecular weight excluding hydrogens is 392 g/mol. The number of fused-ring (bicyclic) bond motifs is 2. The van der Waals surface area contributed by atoms with E-state index in [9.17, 15) is 4.79 Å². The van der Waals surface area contributed by atoms with E-state index < -0.39 is 12.0 Å². The fraction of sp³-hybridized carbons (Fsp3) is 0.130. The van der Waals surface area contributed by atoms with Crippen molar-refractivity contribution in [2.75, 3.05) is 12.4 Å². The van der Waals surface area contributed by atoms with Gasteiger partial charge in [-0.05, 0) is 29.8 Å². The smallest absolute Gasteiger partial charge is 0.233 e. The summed E-state index contributed by atoms with van der Waals surface area (Å²) in [5.41, 5.74) is 3.51. The Morgan fingerprint density at radius 1 is 1.16 bits per heavy atom. The normalized spacial score (nSPS) is 13.2. The maximum atomic E-state index is 12.4. The van der Waals surface area contributed by atoms with Gasteiger partial charge in [0.1, 0.15) is 12.1 Å². The number of benzene rings is 1. The molecule has 4 aromatic heterocycles. The number of carbonyl (C=O) groups excluding carboxylic acids is 1. The van der Waals surface area contributed by atoms with Crippen LogP contribution in [-0.4, -0.2) is 38.0 Å². The van der Waals surface area contributed by atoms with E-state index in [2.05, 4.69) is 20.3 Å². The number of hydrogen-bond donors (Lipinski definition) is 2. The monoisotopic (exact) mass is 412 g/mol. The summed E-state index contributed by atoms with van der Waals surface area (Å²) in [5.74, 6) is 0.357. The molecular formula is C23H20N6O2. The first-order valence-corrected chi connectivity index (χ1v) is 9.85. The van der Waals surface area contributed by atoms with Gasteiger partial charge in [0.15, 0.2) is 0 Å². The highest BCUT2D eigenvalue weighted by Gasteiger charge is 2.29. The molecule has 4 heterocycles. The molecule has 0 fully saturated rings. The molecule has 154 valence electrons. The predicted octanol–water partition coefficient (Wildman–Crippen LogP) is 3.75. The number of pyridine rings is 1. The highest BCUT2D eigenvalue weighted by molar-refractivity contribution is 5.87. The van der Waals surface area contributed by atoms with Gasteiger partial charge in [0.2, 0.25) is 5.88 Å². The van der Waals surface area contributed by atoms with Crippen LogP contribution in [0.1, 0.15) is 23.2 Å². The number of para-hydroxylation sites is 1. The quantitative estimate of drug-likeness (QED) is 0.395. The number of H-pyrrole nitrogens is 1. The Morgan fingerprint density at radius 2 is 2.03 bits per heavy atom. The minimum Gasteiger partial charge on any atom is -0.480 e. The van der Waals surface area contributed by atoms with E-state index in [1.54, 1.807) is 10.7 Å². The number of nitrogens with one attached hydrogen (secondary N) is 2. The Bertz CT molecular complexity index is 1330. The van der Waals surface area contributed by atoms with Crippen LogP contribution in [0.2, 0.25) is 0 Å². The second-order valence-electron chi connectivity index (χ2n) is 7.16. The van der Waals surface area contributed by atoms with Crippen molar-refractivity contribution in [3.63, 3.8) is 0 Å². The molecule has 2 atom stereocenters. The number of ether oxygens (including phenoxy) is 1. The molecule has 0 amide bonds. The lowest BCUT2D eigenvalue weighted by Gasteiger charge is -2.23. The second kappa shape index (κ2) is 7.91. The fourth-order valence-corrected chi connectivity index (χ4v) is 3.83.